The first-order chi connectivity index (χ1) is 10.1. The molecule has 0 aliphatic rings. The summed E-state index contributed by atoms with van der Waals surface area (Å²) in [5.74, 6) is -4.07. The summed E-state index contributed by atoms with van der Waals surface area (Å²) < 4.78 is 0.0594. The summed E-state index contributed by atoms with van der Waals surface area (Å²) in [5.41, 5.74) is 3.88. The van der Waals surface area contributed by atoms with Crippen LogP contribution in [0, 0.1) is 10.7 Å². The van der Waals surface area contributed by atoms with E-state index in [1.807, 2.05) is 0 Å². The number of carboxylic acids is 3. The van der Waals surface area contributed by atoms with Crippen molar-refractivity contribution in [2.45, 2.75) is 0 Å². The third-order valence-electron chi connectivity index (χ3n) is 2.09. The predicted molar refractivity (Wildman–Crippen MR) is 116 cm³/mol. The number of aliphatic hydroxyl groups is 1. The minimum absolute atomic E-state index is 0. The number of hydrogen-bond acceptors (Lipinski definition) is 5. The van der Waals surface area contributed by atoms with E-state index in [2.05, 4.69) is 0 Å². The summed E-state index contributed by atoms with van der Waals surface area (Å²) in [6.07, 6.45) is 0. The molecule has 0 saturated heterocycles. The minimum atomic E-state index is -1.36. The van der Waals surface area contributed by atoms with Crippen molar-refractivity contribution in [3.63, 3.8) is 0 Å². The lowest BCUT2D eigenvalue weighted by atomic mass is 10.1. The molecule has 0 amide bonds. The molecule has 1 aromatic carbocycles. The van der Waals surface area contributed by atoms with E-state index in [-0.39, 0.29) is 58.8 Å². The van der Waals surface area contributed by atoms with Crippen molar-refractivity contribution in [3.05, 3.63) is 27.4 Å². The van der Waals surface area contributed by atoms with Gasteiger partial charge in [0.05, 0.1) is 23.3 Å². The first kappa shape index (κ1) is 29.1. The van der Waals surface area contributed by atoms with Gasteiger partial charge in [0.2, 0.25) is 0 Å². The molecule has 0 aromatic heterocycles. The molecular formula is C11H12Cl2I3NO7. The lowest BCUT2D eigenvalue weighted by molar-refractivity contribution is 0.0693. The van der Waals surface area contributed by atoms with E-state index in [0.717, 1.165) is 0 Å². The number of rotatable bonds is 4. The van der Waals surface area contributed by atoms with Gasteiger partial charge in [0.25, 0.3) is 0 Å². The summed E-state index contributed by atoms with van der Waals surface area (Å²) in [6, 6.07) is 0. The molecule has 0 unspecified atom stereocenters. The number of aromatic carboxylic acids is 3. The van der Waals surface area contributed by atoms with Gasteiger partial charge in [0, 0.05) is 17.3 Å². The molecule has 0 heterocycles. The average molecular weight is 722 g/mol. The Morgan fingerprint density at radius 3 is 1.00 bits per heavy atom. The smallest absolute Gasteiger partial charge is 0.337 e. The van der Waals surface area contributed by atoms with E-state index in [4.69, 9.17) is 26.2 Å². The largest absolute Gasteiger partial charge is 0.478 e. The number of benzene rings is 1. The third-order valence-corrected chi connectivity index (χ3v) is 5.32. The van der Waals surface area contributed by atoms with Gasteiger partial charge in [0.1, 0.15) is 0 Å². The van der Waals surface area contributed by atoms with Crippen molar-refractivity contribution < 1.29 is 34.8 Å². The monoisotopic (exact) mass is 721 g/mol. The Bertz CT molecular complexity index is 524. The summed E-state index contributed by atoms with van der Waals surface area (Å²) >= 11 is 4.80. The Labute approximate surface area is 189 Å². The van der Waals surface area contributed by atoms with Crippen LogP contribution < -0.4 is 5.73 Å². The zero-order valence-electron chi connectivity index (χ0n) is 11.5. The van der Waals surface area contributed by atoms with E-state index in [1.165, 1.54) is 0 Å². The predicted octanol–water partition coefficient (Wildman–Crippen LogP) is 2.38. The molecule has 0 fully saturated rings. The molecule has 8 nitrogen and oxygen atoms in total. The van der Waals surface area contributed by atoms with Crippen LogP contribution >= 0.6 is 92.6 Å². The molecule has 0 aliphatic carbocycles. The van der Waals surface area contributed by atoms with Crippen molar-refractivity contribution in [1.29, 1.82) is 0 Å². The van der Waals surface area contributed by atoms with Gasteiger partial charge >= 0.3 is 17.9 Å². The van der Waals surface area contributed by atoms with Gasteiger partial charge in [-0.3, -0.25) is 0 Å². The fraction of sp³-hybridized carbons (Fsp3) is 0.182. The number of nitrogens with two attached hydrogens (primary N) is 1. The van der Waals surface area contributed by atoms with Crippen molar-refractivity contribution in [2.75, 3.05) is 13.2 Å². The number of aliphatic hydroxyl groups excluding tert-OH is 1. The van der Waals surface area contributed by atoms with Gasteiger partial charge in [0.15, 0.2) is 0 Å². The standard InChI is InChI=1S/C9H3I3O6.C2H7NO.2ClH/c10-4-1(7(13)14)5(11)3(9(17)18)6(12)2(4)8(15)16;3-1-2-4;;/h(H,13,14)(H,15,16)(H,17,18);4H,1-3H2;2*1H. The Morgan fingerprint density at radius 1 is 0.750 bits per heavy atom. The average Bonchev–Trinajstić information content (AvgIpc) is 2.37. The van der Waals surface area contributed by atoms with Crippen LogP contribution in [0.15, 0.2) is 0 Å². The molecule has 0 atom stereocenters. The van der Waals surface area contributed by atoms with Gasteiger partial charge in [-0.1, -0.05) is 0 Å². The number of hydrogen-bond donors (Lipinski definition) is 5. The SMILES string of the molecule is Cl.Cl.NCCO.O=C(O)c1c(I)c(C(=O)O)c(I)c(C(=O)O)c1I. The Kier molecular flexibility index (Phi) is 16.4. The van der Waals surface area contributed by atoms with Crippen LogP contribution in [-0.2, 0) is 0 Å². The fourth-order valence-corrected chi connectivity index (χ4v) is 5.78. The van der Waals surface area contributed by atoms with Crippen LogP contribution in [0.2, 0.25) is 0 Å². The number of halogens is 5. The maximum Gasteiger partial charge on any atom is 0.337 e. The molecule has 0 saturated carbocycles. The van der Waals surface area contributed by atoms with Crippen LogP contribution in [0.3, 0.4) is 0 Å². The van der Waals surface area contributed by atoms with E-state index in [9.17, 15) is 14.4 Å². The van der Waals surface area contributed by atoms with Crippen LogP contribution in [0.4, 0.5) is 0 Å². The zero-order valence-corrected chi connectivity index (χ0v) is 19.6. The van der Waals surface area contributed by atoms with E-state index in [0.29, 0.717) is 6.54 Å². The lowest BCUT2D eigenvalue weighted by Gasteiger charge is -2.12. The van der Waals surface area contributed by atoms with Gasteiger partial charge in [-0.15, -0.1) is 24.8 Å². The first-order valence-electron chi connectivity index (χ1n) is 5.32. The molecule has 0 spiro atoms. The Morgan fingerprint density at radius 2 is 0.917 bits per heavy atom. The molecule has 6 N–H and O–H groups in total. The van der Waals surface area contributed by atoms with Crippen LogP contribution in [-0.4, -0.2) is 51.5 Å². The second-order valence-electron chi connectivity index (χ2n) is 3.49. The summed E-state index contributed by atoms with van der Waals surface area (Å²) in [6.45, 7) is 0.472. The highest BCUT2D eigenvalue weighted by Gasteiger charge is 2.29. The van der Waals surface area contributed by atoms with Crippen molar-refractivity contribution in [3.8, 4) is 0 Å². The normalized spacial score (nSPS) is 8.88. The van der Waals surface area contributed by atoms with Crippen molar-refractivity contribution >= 4 is 110 Å². The van der Waals surface area contributed by atoms with Gasteiger partial charge in [-0.2, -0.15) is 0 Å². The molecular weight excluding hydrogens is 710 g/mol. The zero-order chi connectivity index (χ0) is 17.6. The van der Waals surface area contributed by atoms with Crippen molar-refractivity contribution in [1.82, 2.24) is 0 Å². The molecule has 24 heavy (non-hydrogen) atoms. The second kappa shape index (κ2) is 13.5. The molecule has 0 bridgehead atoms. The topological polar surface area (TPSA) is 158 Å². The lowest BCUT2D eigenvalue weighted by Crippen LogP contribution is -2.17. The Hall–Kier alpha value is 0.320. The summed E-state index contributed by atoms with van der Waals surface area (Å²) in [4.78, 5) is 33.3. The minimum Gasteiger partial charge on any atom is -0.478 e. The molecule has 13 heteroatoms. The Balaban J connectivity index is -0.000000661. The van der Waals surface area contributed by atoms with Crippen LogP contribution in [0.25, 0.3) is 0 Å². The quantitative estimate of drug-likeness (QED) is 0.297. The first-order valence-corrected chi connectivity index (χ1v) is 8.56. The van der Waals surface area contributed by atoms with E-state index >= 15 is 0 Å². The van der Waals surface area contributed by atoms with Crippen LogP contribution in [0.1, 0.15) is 31.1 Å². The van der Waals surface area contributed by atoms with Gasteiger partial charge in [-0.25, -0.2) is 14.4 Å². The maximum atomic E-state index is 11.1. The van der Waals surface area contributed by atoms with Gasteiger partial charge < -0.3 is 26.2 Å². The third kappa shape index (κ3) is 7.28. The van der Waals surface area contributed by atoms with E-state index in [1.54, 1.807) is 67.8 Å². The molecule has 0 aliphatic heterocycles. The molecule has 138 valence electrons. The van der Waals surface area contributed by atoms with Gasteiger partial charge in [-0.05, 0) is 67.8 Å². The second-order valence-corrected chi connectivity index (χ2v) is 6.73. The van der Waals surface area contributed by atoms with Crippen molar-refractivity contribution in [2.24, 2.45) is 5.73 Å². The fourth-order valence-electron chi connectivity index (χ4n) is 1.23. The maximum absolute atomic E-state index is 11.1. The summed E-state index contributed by atoms with van der Waals surface area (Å²) in [7, 11) is 0. The highest BCUT2D eigenvalue weighted by molar-refractivity contribution is 14.1. The number of carbonyl (C=O) groups is 3. The highest BCUT2D eigenvalue weighted by Crippen LogP contribution is 2.32. The van der Waals surface area contributed by atoms with E-state index < -0.39 is 17.9 Å². The van der Waals surface area contributed by atoms with Crippen LogP contribution in [0.5, 0.6) is 0 Å². The molecule has 1 aromatic rings. The molecule has 1 rings (SSSR count). The molecule has 0 radical (unpaired) electrons. The number of carboxylic acid groups (broad SMARTS) is 3. The highest BCUT2D eigenvalue weighted by atomic mass is 127. The summed E-state index contributed by atoms with van der Waals surface area (Å²) in [5, 5.41) is 34.9.